The van der Waals surface area contributed by atoms with Crippen LogP contribution in [0, 0.1) is 11.6 Å². The maximum absolute atomic E-state index is 13.8. The summed E-state index contributed by atoms with van der Waals surface area (Å²) in [5, 5.41) is 3.10. The lowest BCUT2D eigenvalue weighted by atomic mass is 10.0. The minimum Gasteiger partial charge on any atom is -0.493 e. The van der Waals surface area contributed by atoms with Crippen molar-refractivity contribution in [1.82, 2.24) is 0 Å². The minimum atomic E-state index is -0.846. The van der Waals surface area contributed by atoms with Gasteiger partial charge in [-0.2, -0.15) is 0 Å². The van der Waals surface area contributed by atoms with Gasteiger partial charge in [-0.3, -0.25) is 0 Å². The van der Waals surface area contributed by atoms with Crippen molar-refractivity contribution < 1.29 is 13.5 Å². The molecule has 110 valence electrons. The monoisotopic (exact) mass is 353 g/mol. The molecule has 0 saturated heterocycles. The zero-order valence-corrected chi connectivity index (χ0v) is 12.8. The minimum absolute atomic E-state index is 0.105. The van der Waals surface area contributed by atoms with Crippen LogP contribution >= 0.6 is 15.9 Å². The first-order valence-electron chi connectivity index (χ1n) is 6.78. The zero-order chi connectivity index (χ0) is 14.8. The second-order valence-corrected chi connectivity index (χ2v) is 5.89. The van der Waals surface area contributed by atoms with E-state index in [-0.39, 0.29) is 11.7 Å². The molecule has 0 saturated carbocycles. The van der Waals surface area contributed by atoms with Crippen LogP contribution in [0.5, 0.6) is 5.75 Å². The Labute approximate surface area is 130 Å². The summed E-state index contributed by atoms with van der Waals surface area (Å²) in [5.74, 6) is -0.918. The fourth-order valence-electron chi connectivity index (χ4n) is 2.50. The number of nitrogens with one attached hydrogen (secondary N) is 1. The summed E-state index contributed by atoms with van der Waals surface area (Å²) in [7, 11) is 0. The van der Waals surface area contributed by atoms with Crippen molar-refractivity contribution in [2.75, 3.05) is 11.9 Å². The van der Waals surface area contributed by atoms with Gasteiger partial charge in [-0.15, -0.1) is 0 Å². The maximum atomic E-state index is 13.8. The Kier molecular flexibility index (Phi) is 4.10. The van der Waals surface area contributed by atoms with Gasteiger partial charge >= 0.3 is 0 Å². The van der Waals surface area contributed by atoms with Crippen LogP contribution in [0.2, 0.25) is 0 Å². The normalized spacial score (nSPS) is 17.6. The lowest BCUT2D eigenvalue weighted by Crippen LogP contribution is -2.11. The third-order valence-corrected chi connectivity index (χ3v) is 4.02. The Morgan fingerprint density at radius 2 is 2.05 bits per heavy atom. The van der Waals surface area contributed by atoms with Crippen molar-refractivity contribution in [1.29, 1.82) is 0 Å². The Bertz CT molecular complexity index is 663. The summed E-state index contributed by atoms with van der Waals surface area (Å²) in [6.45, 7) is 0.618. The summed E-state index contributed by atoms with van der Waals surface area (Å²) in [5.41, 5.74) is 1.13. The van der Waals surface area contributed by atoms with Crippen LogP contribution in [0.25, 0.3) is 0 Å². The number of halogens is 3. The van der Waals surface area contributed by atoms with Crippen LogP contribution < -0.4 is 10.1 Å². The van der Waals surface area contributed by atoms with Gasteiger partial charge in [0.15, 0.2) is 11.6 Å². The third-order valence-electron chi connectivity index (χ3n) is 3.53. The van der Waals surface area contributed by atoms with Crippen LogP contribution in [-0.4, -0.2) is 6.61 Å². The second kappa shape index (κ2) is 6.02. The highest BCUT2D eigenvalue weighted by Gasteiger charge is 2.21. The van der Waals surface area contributed by atoms with Gasteiger partial charge in [0.1, 0.15) is 5.75 Å². The number of anilines is 1. The maximum Gasteiger partial charge on any atom is 0.181 e. The molecular formula is C16H14BrF2NO. The Hall–Kier alpha value is -1.62. The highest BCUT2D eigenvalue weighted by molar-refractivity contribution is 9.10. The van der Waals surface area contributed by atoms with E-state index in [2.05, 4.69) is 21.2 Å². The largest absolute Gasteiger partial charge is 0.493 e. The molecule has 2 aromatic rings. The number of hydrogen-bond acceptors (Lipinski definition) is 2. The summed E-state index contributed by atoms with van der Waals surface area (Å²) in [6.07, 6.45) is 1.64. The topological polar surface area (TPSA) is 21.3 Å². The van der Waals surface area contributed by atoms with Gasteiger partial charge in [-0.1, -0.05) is 28.1 Å². The summed E-state index contributed by atoms with van der Waals surface area (Å²) >= 11 is 3.41. The standard InChI is InChI=1S/C16H14BrF2NO/c17-10-6-7-11-13(5-2-8-21-15(11)9-10)20-14-4-1-3-12(18)16(14)19/h1,3-4,6-7,9,13,20H,2,5,8H2. The van der Waals surface area contributed by atoms with Gasteiger partial charge in [0, 0.05) is 10.0 Å². The number of benzene rings is 2. The molecule has 21 heavy (non-hydrogen) atoms. The molecule has 3 rings (SSSR count). The molecule has 1 aliphatic heterocycles. The fourth-order valence-corrected chi connectivity index (χ4v) is 2.84. The van der Waals surface area contributed by atoms with Gasteiger partial charge in [-0.25, -0.2) is 8.78 Å². The first-order valence-corrected chi connectivity index (χ1v) is 7.57. The number of ether oxygens (including phenoxy) is 1. The van der Waals surface area contributed by atoms with E-state index in [1.54, 1.807) is 6.07 Å². The zero-order valence-electron chi connectivity index (χ0n) is 11.2. The molecule has 0 fully saturated rings. The average Bonchev–Trinajstić information content (AvgIpc) is 2.66. The molecule has 0 radical (unpaired) electrons. The van der Waals surface area contributed by atoms with Crippen molar-refractivity contribution in [2.45, 2.75) is 18.9 Å². The van der Waals surface area contributed by atoms with Gasteiger partial charge in [-0.05, 0) is 37.1 Å². The molecule has 0 amide bonds. The SMILES string of the molecule is Fc1cccc(NC2CCCOc3cc(Br)ccc32)c1F. The summed E-state index contributed by atoms with van der Waals surface area (Å²) in [4.78, 5) is 0. The van der Waals surface area contributed by atoms with Crippen LogP contribution in [0.15, 0.2) is 40.9 Å². The van der Waals surface area contributed by atoms with Crippen molar-refractivity contribution in [2.24, 2.45) is 0 Å². The summed E-state index contributed by atoms with van der Waals surface area (Å²) in [6, 6.07) is 9.81. The van der Waals surface area contributed by atoms with Crippen LogP contribution in [-0.2, 0) is 0 Å². The number of rotatable bonds is 2. The third kappa shape index (κ3) is 3.02. The molecule has 1 heterocycles. The number of fused-ring (bicyclic) bond motifs is 1. The first-order chi connectivity index (χ1) is 10.1. The van der Waals surface area contributed by atoms with E-state index in [4.69, 9.17) is 4.74 Å². The van der Waals surface area contributed by atoms with Crippen molar-refractivity contribution in [3.8, 4) is 5.75 Å². The predicted molar refractivity (Wildman–Crippen MR) is 81.6 cm³/mol. The average molecular weight is 354 g/mol. The molecule has 2 aromatic carbocycles. The molecule has 0 aromatic heterocycles. The molecule has 1 unspecified atom stereocenters. The molecule has 0 aliphatic carbocycles. The fraction of sp³-hybridized carbons (Fsp3) is 0.250. The summed E-state index contributed by atoms with van der Waals surface area (Å²) < 4.78 is 33.8. The van der Waals surface area contributed by atoms with Crippen molar-refractivity contribution >= 4 is 21.6 Å². The highest BCUT2D eigenvalue weighted by Crippen LogP contribution is 2.36. The van der Waals surface area contributed by atoms with Gasteiger partial charge in [0.05, 0.1) is 18.3 Å². The smallest absolute Gasteiger partial charge is 0.181 e. The number of hydrogen-bond donors (Lipinski definition) is 1. The van der Waals surface area contributed by atoms with Gasteiger partial charge in [0.25, 0.3) is 0 Å². The Balaban J connectivity index is 1.94. The van der Waals surface area contributed by atoms with E-state index in [0.717, 1.165) is 34.7 Å². The van der Waals surface area contributed by atoms with Crippen molar-refractivity contribution in [3.63, 3.8) is 0 Å². The molecule has 1 aliphatic rings. The Morgan fingerprint density at radius 1 is 1.19 bits per heavy atom. The van der Waals surface area contributed by atoms with E-state index in [0.29, 0.717) is 6.61 Å². The van der Waals surface area contributed by atoms with E-state index >= 15 is 0 Å². The lowest BCUT2D eigenvalue weighted by Gasteiger charge is -2.20. The molecule has 1 atom stereocenters. The van der Waals surface area contributed by atoms with E-state index in [9.17, 15) is 8.78 Å². The Morgan fingerprint density at radius 3 is 2.90 bits per heavy atom. The second-order valence-electron chi connectivity index (χ2n) is 4.97. The molecule has 0 bridgehead atoms. The lowest BCUT2D eigenvalue weighted by molar-refractivity contribution is 0.316. The quantitative estimate of drug-likeness (QED) is 0.815. The van der Waals surface area contributed by atoms with Crippen LogP contribution in [0.4, 0.5) is 14.5 Å². The highest BCUT2D eigenvalue weighted by atomic mass is 79.9. The van der Waals surface area contributed by atoms with Crippen molar-refractivity contribution in [3.05, 3.63) is 58.1 Å². The van der Waals surface area contributed by atoms with E-state index in [1.165, 1.54) is 6.07 Å². The van der Waals surface area contributed by atoms with Crippen LogP contribution in [0.1, 0.15) is 24.4 Å². The van der Waals surface area contributed by atoms with Gasteiger partial charge < -0.3 is 10.1 Å². The van der Waals surface area contributed by atoms with Gasteiger partial charge in [0.2, 0.25) is 0 Å². The molecular weight excluding hydrogens is 340 g/mol. The van der Waals surface area contributed by atoms with E-state index < -0.39 is 11.6 Å². The molecule has 5 heteroatoms. The molecule has 1 N–H and O–H groups in total. The molecule has 2 nitrogen and oxygen atoms in total. The molecule has 0 spiro atoms. The first kappa shape index (κ1) is 14.3. The van der Waals surface area contributed by atoms with E-state index in [1.807, 2.05) is 18.2 Å². The van der Waals surface area contributed by atoms with Crippen LogP contribution in [0.3, 0.4) is 0 Å². The predicted octanol–water partition coefficient (Wildman–Crippen LogP) is 5.05.